The molecule has 1 amide bonds. The summed E-state index contributed by atoms with van der Waals surface area (Å²) in [4.78, 5) is 23.9. The smallest absolute Gasteiger partial charge is 0.407 e. The fraction of sp³-hybridized carbons (Fsp3) is 0.231. The van der Waals surface area contributed by atoms with Crippen LogP contribution in [0.2, 0.25) is 0 Å². The SMILES string of the molecule is COC(=O)c1cc(F)cc(C(O)C(O)CNC(=O)OCC2c3ccccc3-c3ccccc32)c1. The van der Waals surface area contributed by atoms with Gasteiger partial charge in [0.15, 0.2) is 0 Å². The first kappa shape index (κ1) is 23.4. The molecule has 0 heterocycles. The highest BCUT2D eigenvalue weighted by atomic mass is 19.1. The summed E-state index contributed by atoms with van der Waals surface area (Å²) in [6.07, 6.45) is -3.77. The third kappa shape index (κ3) is 4.78. The Balaban J connectivity index is 1.35. The summed E-state index contributed by atoms with van der Waals surface area (Å²) >= 11 is 0. The zero-order valence-electron chi connectivity index (χ0n) is 18.4. The van der Waals surface area contributed by atoms with E-state index in [1.165, 1.54) is 6.07 Å². The Morgan fingerprint density at radius 3 is 2.24 bits per heavy atom. The number of fused-ring (bicyclic) bond motifs is 3. The van der Waals surface area contributed by atoms with Crippen LogP contribution in [0.3, 0.4) is 0 Å². The summed E-state index contributed by atoms with van der Waals surface area (Å²) in [5, 5.41) is 23.1. The first-order chi connectivity index (χ1) is 16.4. The molecule has 4 rings (SSSR count). The first-order valence-corrected chi connectivity index (χ1v) is 10.7. The normalized spacial score (nSPS) is 14.0. The summed E-state index contributed by atoms with van der Waals surface area (Å²) < 4.78 is 23.8. The van der Waals surface area contributed by atoms with Gasteiger partial charge in [0.25, 0.3) is 0 Å². The molecule has 7 nitrogen and oxygen atoms in total. The Morgan fingerprint density at radius 1 is 1.00 bits per heavy atom. The van der Waals surface area contributed by atoms with E-state index in [1.54, 1.807) is 0 Å². The number of esters is 1. The number of rotatable bonds is 7. The van der Waals surface area contributed by atoms with Gasteiger partial charge in [0.05, 0.1) is 12.7 Å². The molecule has 34 heavy (non-hydrogen) atoms. The van der Waals surface area contributed by atoms with Crippen molar-refractivity contribution in [3.8, 4) is 11.1 Å². The number of hydrogen-bond acceptors (Lipinski definition) is 6. The minimum Gasteiger partial charge on any atom is -0.465 e. The van der Waals surface area contributed by atoms with Gasteiger partial charge >= 0.3 is 12.1 Å². The average molecular weight is 465 g/mol. The van der Waals surface area contributed by atoms with E-state index < -0.39 is 30.1 Å². The lowest BCUT2D eigenvalue weighted by atomic mass is 9.98. The average Bonchev–Trinajstić information content (AvgIpc) is 3.18. The lowest BCUT2D eigenvalue weighted by Gasteiger charge is -2.20. The molecule has 0 bridgehead atoms. The van der Waals surface area contributed by atoms with Crippen LogP contribution >= 0.6 is 0 Å². The van der Waals surface area contributed by atoms with Gasteiger partial charge in [-0.3, -0.25) is 0 Å². The number of halogens is 1. The van der Waals surface area contributed by atoms with Gasteiger partial charge in [-0.15, -0.1) is 0 Å². The van der Waals surface area contributed by atoms with Gasteiger partial charge < -0.3 is 25.0 Å². The Kier molecular flexibility index (Phi) is 6.90. The topological polar surface area (TPSA) is 105 Å². The van der Waals surface area contributed by atoms with E-state index in [0.29, 0.717) is 0 Å². The number of carbonyl (C=O) groups is 2. The van der Waals surface area contributed by atoms with Crippen molar-refractivity contribution in [2.24, 2.45) is 0 Å². The predicted octanol–water partition coefficient (Wildman–Crippen LogP) is 3.55. The minimum atomic E-state index is -1.55. The second-order valence-electron chi connectivity index (χ2n) is 7.98. The zero-order chi connectivity index (χ0) is 24.2. The van der Waals surface area contributed by atoms with E-state index in [1.807, 2.05) is 48.5 Å². The molecule has 0 radical (unpaired) electrons. The third-order valence-corrected chi connectivity index (χ3v) is 5.85. The number of nitrogens with one attached hydrogen (secondary N) is 1. The number of alkyl carbamates (subject to hydrolysis) is 1. The van der Waals surface area contributed by atoms with Gasteiger partial charge in [-0.05, 0) is 46.0 Å². The number of benzene rings is 3. The molecule has 0 saturated heterocycles. The second-order valence-corrected chi connectivity index (χ2v) is 7.98. The van der Waals surface area contributed by atoms with E-state index in [2.05, 4.69) is 10.1 Å². The van der Waals surface area contributed by atoms with Crippen molar-refractivity contribution in [2.45, 2.75) is 18.1 Å². The molecule has 3 N–H and O–H groups in total. The molecular weight excluding hydrogens is 441 g/mol. The number of amides is 1. The molecule has 8 heteroatoms. The maximum Gasteiger partial charge on any atom is 0.407 e. The Morgan fingerprint density at radius 2 is 1.62 bits per heavy atom. The van der Waals surface area contributed by atoms with Gasteiger partial charge in [-0.25, -0.2) is 14.0 Å². The van der Waals surface area contributed by atoms with E-state index in [9.17, 15) is 24.2 Å². The molecule has 0 aromatic heterocycles. The first-order valence-electron chi connectivity index (χ1n) is 10.7. The summed E-state index contributed by atoms with van der Waals surface area (Å²) in [6.45, 7) is -0.243. The van der Waals surface area contributed by atoms with E-state index in [0.717, 1.165) is 41.5 Å². The molecule has 0 saturated carbocycles. The minimum absolute atomic E-state index is 0.0257. The number of hydrogen-bond donors (Lipinski definition) is 3. The molecule has 0 aliphatic heterocycles. The summed E-state index contributed by atoms with van der Waals surface area (Å²) in [5.74, 6) is -1.66. The van der Waals surface area contributed by atoms with Crippen LogP contribution in [-0.2, 0) is 9.47 Å². The standard InChI is InChI=1S/C26H24FNO6/c1-33-25(31)16-10-15(11-17(27)12-16)24(30)23(29)13-28-26(32)34-14-22-20-8-4-2-6-18(20)19-7-3-5-9-21(19)22/h2-12,22-24,29-30H,13-14H2,1H3,(H,28,32). The van der Waals surface area contributed by atoms with Crippen LogP contribution in [0.15, 0.2) is 66.7 Å². The lowest BCUT2D eigenvalue weighted by Crippen LogP contribution is -2.36. The van der Waals surface area contributed by atoms with Crippen LogP contribution in [0.1, 0.15) is 39.1 Å². The maximum atomic E-state index is 13.8. The molecule has 3 aromatic carbocycles. The Bertz CT molecular complexity index is 1170. The van der Waals surface area contributed by atoms with Gasteiger partial charge in [0.2, 0.25) is 0 Å². The number of methoxy groups -OCH3 is 1. The number of ether oxygens (including phenoxy) is 2. The van der Waals surface area contributed by atoms with Crippen LogP contribution in [0.4, 0.5) is 9.18 Å². The van der Waals surface area contributed by atoms with Crippen LogP contribution in [0.5, 0.6) is 0 Å². The highest BCUT2D eigenvalue weighted by Gasteiger charge is 2.29. The van der Waals surface area contributed by atoms with Crippen molar-refractivity contribution in [1.29, 1.82) is 0 Å². The summed E-state index contributed by atoms with van der Waals surface area (Å²) in [5.41, 5.74) is 4.22. The number of aliphatic hydroxyl groups excluding tert-OH is 2. The van der Waals surface area contributed by atoms with Crippen molar-refractivity contribution in [3.63, 3.8) is 0 Å². The van der Waals surface area contributed by atoms with Gasteiger partial charge in [-0.1, -0.05) is 48.5 Å². The zero-order valence-corrected chi connectivity index (χ0v) is 18.4. The van der Waals surface area contributed by atoms with Crippen molar-refractivity contribution in [1.82, 2.24) is 5.32 Å². The van der Waals surface area contributed by atoms with Crippen molar-refractivity contribution >= 4 is 12.1 Å². The second kappa shape index (κ2) is 10.0. The molecule has 2 atom stereocenters. The van der Waals surface area contributed by atoms with Gasteiger partial charge in [-0.2, -0.15) is 0 Å². The van der Waals surface area contributed by atoms with Crippen molar-refractivity contribution < 1.29 is 33.7 Å². The molecular formula is C26H24FNO6. The van der Waals surface area contributed by atoms with Crippen LogP contribution < -0.4 is 5.32 Å². The highest BCUT2D eigenvalue weighted by molar-refractivity contribution is 5.89. The van der Waals surface area contributed by atoms with Crippen LogP contribution in [-0.4, -0.2) is 48.6 Å². The van der Waals surface area contributed by atoms with E-state index in [-0.39, 0.29) is 30.2 Å². The molecule has 0 spiro atoms. The molecule has 176 valence electrons. The van der Waals surface area contributed by atoms with Gasteiger partial charge in [0.1, 0.15) is 24.6 Å². The quantitative estimate of drug-likeness (QED) is 0.461. The van der Waals surface area contributed by atoms with Crippen LogP contribution in [0, 0.1) is 5.82 Å². The third-order valence-electron chi connectivity index (χ3n) is 5.85. The van der Waals surface area contributed by atoms with Crippen molar-refractivity contribution in [2.75, 3.05) is 20.3 Å². The molecule has 2 unspecified atom stereocenters. The molecule has 1 aliphatic rings. The maximum absolute atomic E-state index is 13.8. The molecule has 3 aromatic rings. The Hall–Kier alpha value is -3.75. The molecule has 0 fully saturated rings. The Labute approximate surface area is 195 Å². The lowest BCUT2D eigenvalue weighted by molar-refractivity contribution is 0.0183. The fourth-order valence-corrected chi connectivity index (χ4v) is 4.19. The predicted molar refractivity (Wildman–Crippen MR) is 122 cm³/mol. The van der Waals surface area contributed by atoms with Gasteiger partial charge in [0, 0.05) is 12.5 Å². The fourth-order valence-electron chi connectivity index (χ4n) is 4.19. The molecule has 1 aliphatic carbocycles. The van der Waals surface area contributed by atoms with Crippen LogP contribution in [0.25, 0.3) is 11.1 Å². The van der Waals surface area contributed by atoms with E-state index in [4.69, 9.17) is 4.74 Å². The largest absolute Gasteiger partial charge is 0.465 e. The summed E-state index contributed by atoms with van der Waals surface area (Å²) in [7, 11) is 1.15. The van der Waals surface area contributed by atoms with E-state index >= 15 is 0 Å². The number of aliphatic hydroxyl groups is 2. The number of carbonyl (C=O) groups excluding carboxylic acids is 2. The summed E-state index contributed by atoms with van der Waals surface area (Å²) in [6, 6.07) is 19.0. The monoisotopic (exact) mass is 465 g/mol. The van der Waals surface area contributed by atoms with Crippen molar-refractivity contribution in [3.05, 3.63) is 94.8 Å². The highest BCUT2D eigenvalue weighted by Crippen LogP contribution is 2.44.